The molecule has 0 unspecified atom stereocenters. The predicted molar refractivity (Wildman–Crippen MR) is 76.7 cm³/mol. The molecule has 1 fully saturated rings. The summed E-state index contributed by atoms with van der Waals surface area (Å²) in [7, 11) is 0. The fourth-order valence-electron chi connectivity index (χ4n) is 2.02. The highest BCUT2D eigenvalue weighted by molar-refractivity contribution is 5.70. The number of aliphatic hydroxyl groups is 3. The number of rotatable bonds is 9. The molecule has 1 aliphatic heterocycles. The first-order valence-electron chi connectivity index (χ1n) is 7.43. The maximum absolute atomic E-state index is 11.5. The average Bonchev–Trinajstić information content (AvgIpc) is 2.56. The van der Waals surface area contributed by atoms with Gasteiger partial charge in [0.15, 0.2) is 12.4 Å². The van der Waals surface area contributed by atoms with Crippen LogP contribution >= 0.6 is 0 Å². The van der Waals surface area contributed by atoms with Crippen LogP contribution in [0, 0.1) is 10.4 Å². The molecule has 1 saturated heterocycles. The van der Waals surface area contributed by atoms with Crippen LogP contribution in [-0.2, 0) is 23.8 Å². The second kappa shape index (κ2) is 10.6. The van der Waals surface area contributed by atoms with Crippen LogP contribution in [0.25, 0.3) is 0 Å². The molecule has 0 radical (unpaired) electrons. The Bertz CT molecular complexity index is 459. The lowest BCUT2D eigenvalue weighted by atomic mass is 9.99. The smallest absolute Gasteiger partial charge is 0.307 e. The average molecular weight is 384 g/mol. The van der Waals surface area contributed by atoms with E-state index in [1.54, 1.807) is 0 Å². The number of aliphatic hydroxyl groups excluding tert-OH is 3. The van der Waals surface area contributed by atoms with Crippen LogP contribution in [0.15, 0.2) is 0 Å². The van der Waals surface area contributed by atoms with Crippen LogP contribution in [0.5, 0.6) is 0 Å². The van der Waals surface area contributed by atoms with Crippen molar-refractivity contribution in [2.45, 2.75) is 43.5 Å². The maximum atomic E-state index is 11.5. The Hall–Kier alpha value is -1.46. The molecule has 152 valence electrons. The fraction of sp³-hybridized carbons (Fsp3) is 0.833. The number of carbonyl (C=O) groups excluding carboxylic acids is 2. The van der Waals surface area contributed by atoms with E-state index < -0.39 is 85.6 Å². The molecule has 0 saturated carbocycles. The monoisotopic (exact) mass is 384 g/mol. The lowest BCUT2D eigenvalue weighted by Gasteiger charge is -2.39. The van der Waals surface area contributed by atoms with Gasteiger partial charge in [-0.1, -0.05) is 0 Å². The summed E-state index contributed by atoms with van der Waals surface area (Å²) in [6.07, 6.45) is -9.39. The van der Waals surface area contributed by atoms with Crippen LogP contribution in [0.2, 0.25) is 0 Å². The van der Waals surface area contributed by atoms with Crippen molar-refractivity contribution in [3.8, 4) is 0 Å². The maximum Gasteiger partial charge on any atom is 0.307 e. The highest BCUT2D eigenvalue weighted by atomic mass is 16.8. The molecular weight excluding hydrogens is 364 g/mol. The molecule has 1 aliphatic rings. The van der Waals surface area contributed by atoms with Gasteiger partial charge in [-0.2, -0.15) is 0 Å². The number of nitrogens with zero attached hydrogens (tertiary/aromatic N) is 2. The van der Waals surface area contributed by atoms with Crippen molar-refractivity contribution in [3.05, 3.63) is 10.4 Å². The van der Waals surface area contributed by atoms with Gasteiger partial charge in [0.1, 0.15) is 24.9 Å². The normalized spacial score (nSPS) is 29.0. The topological polar surface area (TPSA) is 216 Å². The summed E-state index contributed by atoms with van der Waals surface area (Å²) in [5.41, 5.74) is 0. The van der Waals surface area contributed by atoms with E-state index >= 15 is 0 Å². The van der Waals surface area contributed by atoms with Gasteiger partial charge in [-0.15, -0.1) is 0 Å². The number of hydrogen-bond acceptors (Lipinski definition) is 14. The summed E-state index contributed by atoms with van der Waals surface area (Å²) in [5, 5.41) is 66.0. The molecule has 0 amide bonds. The van der Waals surface area contributed by atoms with Crippen LogP contribution in [0.3, 0.4) is 0 Å². The number of ether oxygens (including phenoxy) is 3. The molecule has 0 aromatic carbocycles. The SMILES string of the molecule is O=C(CCN([O-])O)OC[C@@H]1O[C@H](O)[C@@H](OC(=O)CCN([O-])O)[C@@H](O)[C@@H]1O. The van der Waals surface area contributed by atoms with Crippen molar-refractivity contribution in [2.24, 2.45) is 0 Å². The molecule has 14 heteroatoms. The lowest BCUT2D eigenvalue weighted by molar-refractivity contribution is -0.291. The highest BCUT2D eigenvalue weighted by Crippen LogP contribution is 2.23. The Balaban J connectivity index is 2.49. The quantitative estimate of drug-likeness (QED) is 0.198. The molecular formula is C12H20N2O12-2. The van der Waals surface area contributed by atoms with E-state index in [4.69, 9.17) is 19.9 Å². The van der Waals surface area contributed by atoms with Crippen molar-refractivity contribution in [1.29, 1.82) is 0 Å². The van der Waals surface area contributed by atoms with Gasteiger partial charge in [0, 0.05) is 13.1 Å². The standard InChI is InChI=1S/C12H20N2O12/c15-7(1-3-13(20)21)24-5-6-9(17)10(18)11(12(19)25-6)26-8(16)2-4-14(22)23/h6,9-12,17-20,22H,1-5H2/q-2/t6-,9+,10-,11-,12-/m0/s1. The first-order chi connectivity index (χ1) is 12.1. The van der Waals surface area contributed by atoms with E-state index in [-0.39, 0.29) is 0 Å². The van der Waals surface area contributed by atoms with E-state index in [2.05, 4.69) is 4.74 Å². The Labute approximate surface area is 146 Å². The lowest BCUT2D eigenvalue weighted by Crippen LogP contribution is -2.60. The van der Waals surface area contributed by atoms with E-state index in [0.717, 1.165) is 0 Å². The van der Waals surface area contributed by atoms with E-state index in [9.17, 15) is 35.3 Å². The van der Waals surface area contributed by atoms with Gasteiger partial charge >= 0.3 is 11.9 Å². The van der Waals surface area contributed by atoms with Gasteiger partial charge in [-0.25, -0.2) is 0 Å². The number of carbonyl (C=O) groups is 2. The van der Waals surface area contributed by atoms with Crippen molar-refractivity contribution in [3.63, 3.8) is 0 Å². The first kappa shape index (κ1) is 22.6. The van der Waals surface area contributed by atoms with Gasteiger partial charge in [-0.05, 0) is 0 Å². The van der Waals surface area contributed by atoms with Gasteiger partial charge in [0.2, 0.25) is 0 Å². The summed E-state index contributed by atoms with van der Waals surface area (Å²) in [5.74, 6) is -1.95. The summed E-state index contributed by atoms with van der Waals surface area (Å²) in [6, 6.07) is 0. The minimum Gasteiger partial charge on any atom is -0.762 e. The fourth-order valence-corrected chi connectivity index (χ4v) is 2.02. The summed E-state index contributed by atoms with van der Waals surface area (Å²) < 4.78 is 14.3. The van der Waals surface area contributed by atoms with Crippen LogP contribution in [-0.4, -0.2) is 98.5 Å². The second-order valence-corrected chi connectivity index (χ2v) is 5.34. The Morgan fingerprint density at radius 3 is 2.04 bits per heavy atom. The molecule has 0 aromatic heterocycles. The Morgan fingerprint density at radius 1 is 0.962 bits per heavy atom. The predicted octanol–water partition coefficient (Wildman–Crippen LogP) is -2.96. The molecule has 0 spiro atoms. The van der Waals surface area contributed by atoms with Crippen LogP contribution in [0.4, 0.5) is 0 Å². The third-order valence-electron chi connectivity index (χ3n) is 3.35. The minimum atomic E-state index is -1.87. The minimum absolute atomic E-state index is 0.449. The molecule has 14 nitrogen and oxygen atoms in total. The number of esters is 2. The number of hydroxylamine groups is 4. The largest absolute Gasteiger partial charge is 0.762 e. The molecule has 1 heterocycles. The molecule has 0 aliphatic carbocycles. The summed E-state index contributed by atoms with van der Waals surface area (Å²) >= 11 is 0. The zero-order valence-corrected chi connectivity index (χ0v) is 13.4. The third kappa shape index (κ3) is 7.42. The van der Waals surface area contributed by atoms with Gasteiger partial charge < -0.3 is 50.4 Å². The molecule has 5 N–H and O–H groups in total. The summed E-state index contributed by atoms with van der Waals surface area (Å²) in [4.78, 5) is 22.8. The first-order valence-corrected chi connectivity index (χ1v) is 7.43. The second-order valence-electron chi connectivity index (χ2n) is 5.34. The summed E-state index contributed by atoms with van der Waals surface area (Å²) in [6.45, 7) is -1.73. The zero-order valence-electron chi connectivity index (χ0n) is 13.4. The number of hydrogen-bond donors (Lipinski definition) is 5. The molecule has 26 heavy (non-hydrogen) atoms. The molecule has 1 rings (SSSR count). The van der Waals surface area contributed by atoms with Crippen molar-refractivity contribution < 1.29 is 49.5 Å². The van der Waals surface area contributed by atoms with Crippen molar-refractivity contribution >= 4 is 11.9 Å². The van der Waals surface area contributed by atoms with Gasteiger partial charge in [0.05, 0.1) is 12.8 Å². The zero-order chi connectivity index (χ0) is 19.9. The van der Waals surface area contributed by atoms with E-state index in [1.807, 2.05) is 0 Å². The molecule has 0 aromatic rings. The highest BCUT2D eigenvalue weighted by Gasteiger charge is 2.46. The third-order valence-corrected chi connectivity index (χ3v) is 3.35. The Kier molecular flexibility index (Phi) is 9.23. The van der Waals surface area contributed by atoms with Gasteiger partial charge in [0.25, 0.3) is 0 Å². The van der Waals surface area contributed by atoms with Crippen LogP contribution in [0.1, 0.15) is 12.8 Å². The van der Waals surface area contributed by atoms with E-state index in [1.165, 1.54) is 0 Å². The van der Waals surface area contributed by atoms with Crippen molar-refractivity contribution in [1.82, 2.24) is 10.5 Å². The van der Waals surface area contributed by atoms with Crippen molar-refractivity contribution in [2.75, 3.05) is 19.7 Å². The van der Waals surface area contributed by atoms with E-state index in [0.29, 0.717) is 0 Å². The van der Waals surface area contributed by atoms with Gasteiger partial charge in [-0.3, -0.25) is 20.0 Å². The molecule has 0 bridgehead atoms. The van der Waals surface area contributed by atoms with Crippen LogP contribution < -0.4 is 0 Å². The Morgan fingerprint density at radius 2 is 1.50 bits per heavy atom. The molecule has 5 atom stereocenters.